The molecule has 11 heteroatoms. The van der Waals surface area contributed by atoms with Crippen LogP contribution in [0.1, 0.15) is 6.42 Å². The Hall–Kier alpha value is -1.27. The molecule has 0 spiro atoms. The van der Waals surface area contributed by atoms with Gasteiger partial charge < -0.3 is 14.9 Å². The van der Waals surface area contributed by atoms with Gasteiger partial charge in [0.2, 0.25) is 0 Å². The van der Waals surface area contributed by atoms with Crippen LogP contribution >= 0.6 is 0 Å². The van der Waals surface area contributed by atoms with Crippen LogP contribution in [0.25, 0.3) is 0 Å². The van der Waals surface area contributed by atoms with Crippen LogP contribution in [0.4, 0.5) is 22.5 Å². The highest BCUT2D eigenvalue weighted by atomic mass is 19.4. The second-order valence-electron chi connectivity index (χ2n) is 4.82. The summed E-state index contributed by atoms with van der Waals surface area (Å²) in [6.45, 7) is -0.577. The number of nitrogens with zero attached hydrogens (tertiary/aromatic N) is 2. The predicted octanol–water partition coefficient (Wildman–Crippen LogP) is -0.0902. The molecule has 0 bridgehead atoms. The first kappa shape index (κ1) is 16.1. The highest BCUT2D eigenvalue weighted by Crippen LogP contribution is 2.38. The number of quaternary nitrogens is 1. The molecule has 1 saturated heterocycles. The Kier molecular flexibility index (Phi) is 3.97. The van der Waals surface area contributed by atoms with Crippen molar-refractivity contribution in [3.63, 3.8) is 0 Å². The Morgan fingerprint density at radius 2 is 2.19 bits per heavy atom. The van der Waals surface area contributed by atoms with Crippen molar-refractivity contribution >= 4 is 6.03 Å². The number of aliphatic hydroxyl groups is 2. The first-order valence-electron chi connectivity index (χ1n) is 5.97. The summed E-state index contributed by atoms with van der Waals surface area (Å²) in [5, 5.41) is 18.4. The van der Waals surface area contributed by atoms with Gasteiger partial charge in [-0.15, -0.1) is 0 Å². The Balaban J connectivity index is 2.28. The van der Waals surface area contributed by atoms with Crippen LogP contribution in [-0.2, 0) is 4.74 Å². The van der Waals surface area contributed by atoms with Crippen molar-refractivity contribution < 1.29 is 42.4 Å². The fourth-order valence-electron chi connectivity index (χ4n) is 2.13. The second-order valence-corrected chi connectivity index (χ2v) is 4.82. The van der Waals surface area contributed by atoms with E-state index in [2.05, 4.69) is 0 Å². The normalized spacial score (nSPS) is 39.3. The van der Waals surface area contributed by atoms with Gasteiger partial charge in [-0.2, -0.15) is 4.79 Å². The number of halogens is 4. The number of amides is 2. The number of urea groups is 1. The molecule has 1 fully saturated rings. The number of alkyl halides is 2. The minimum Gasteiger partial charge on any atom is -0.394 e. The zero-order valence-electron chi connectivity index (χ0n) is 10.6. The maximum absolute atomic E-state index is 13.8. The smallest absolute Gasteiger partial charge is 0.394 e. The summed E-state index contributed by atoms with van der Waals surface area (Å²) in [6.07, 6.45) is -6.42. The summed E-state index contributed by atoms with van der Waals surface area (Å²) < 4.78 is 58.1. The summed E-state index contributed by atoms with van der Waals surface area (Å²) >= 11 is 0. The van der Waals surface area contributed by atoms with Crippen molar-refractivity contribution in [1.29, 1.82) is 0 Å². The van der Waals surface area contributed by atoms with E-state index >= 15 is 0 Å². The molecular formula is C10H14F4N3O4+. The summed E-state index contributed by atoms with van der Waals surface area (Å²) in [7, 11) is 0. The molecular weight excluding hydrogens is 302 g/mol. The van der Waals surface area contributed by atoms with Crippen LogP contribution in [0.15, 0.2) is 12.3 Å². The monoisotopic (exact) mass is 316 g/mol. The minimum atomic E-state index is -3.78. The van der Waals surface area contributed by atoms with Crippen LogP contribution in [-0.4, -0.2) is 63.2 Å². The van der Waals surface area contributed by atoms with Gasteiger partial charge in [0.15, 0.2) is 4.93 Å². The lowest BCUT2D eigenvalue weighted by Gasteiger charge is -2.35. The fourth-order valence-corrected chi connectivity index (χ4v) is 2.13. The molecule has 4 atom stereocenters. The SMILES string of the molecule is NC1(C(F)F)C=CN([C@H]2C[C@H](O)[C@@H](CO)O2)C(=O)[N+]1(F)F. The van der Waals surface area contributed by atoms with Crippen molar-refractivity contribution in [2.75, 3.05) is 6.61 Å². The lowest BCUT2D eigenvalue weighted by Crippen LogP contribution is -2.71. The summed E-state index contributed by atoms with van der Waals surface area (Å²) in [5.41, 5.74) is 1.46. The van der Waals surface area contributed by atoms with Crippen molar-refractivity contribution in [2.24, 2.45) is 5.73 Å². The standard InChI is InChI=1S/C10H14F4N3O4/c11-8(12)10(15)1-2-16(9(20)17(10,13)14)7-3-5(19)6(4-18)21-7/h1-2,5-8,18-19H,3-4,15H2/q+1/t5-,6+,7+,10?/m0/s1. The molecule has 2 heterocycles. The van der Waals surface area contributed by atoms with E-state index in [1.807, 2.05) is 0 Å². The van der Waals surface area contributed by atoms with Gasteiger partial charge in [-0.1, -0.05) is 0 Å². The molecule has 2 rings (SSSR count). The molecule has 2 aliphatic heterocycles. The molecule has 4 N–H and O–H groups in total. The number of carbonyl (C=O) groups excluding carboxylic acids is 1. The van der Waals surface area contributed by atoms with Crippen LogP contribution in [0.2, 0.25) is 0 Å². The predicted molar refractivity (Wildman–Crippen MR) is 58.1 cm³/mol. The van der Waals surface area contributed by atoms with Crippen molar-refractivity contribution in [2.45, 2.75) is 36.9 Å². The van der Waals surface area contributed by atoms with Gasteiger partial charge in [0.25, 0.3) is 0 Å². The lowest BCUT2D eigenvalue weighted by atomic mass is 10.1. The van der Waals surface area contributed by atoms with Crippen molar-refractivity contribution in [3.05, 3.63) is 12.3 Å². The quantitative estimate of drug-likeness (QED) is 0.499. The van der Waals surface area contributed by atoms with E-state index in [1.54, 1.807) is 0 Å². The molecule has 1 unspecified atom stereocenters. The summed E-state index contributed by atoms with van der Waals surface area (Å²) in [6, 6.07) is -2.00. The van der Waals surface area contributed by atoms with Gasteiger partial charge in [-0.05, 0) is 0 Å². The molecule has 0 aliphatic carbocycles. The first-order valence-corrected chi connectivity index (χ1v) is 5.97. The average Bonchev–Trinajstić information content (AvgIpc) is 2.77. The zero-order valence-corrected chi connectivity index (χ0v) is 10.6. The van der Waals surface area contributed by atoms with Crippen LogP contribution in [0.3, 0.4) is 0 Å². The molecule has 0 aromatic carbocycles. The van der Waals surface area contributed by atoms with Gasteiger partial charge in [0.1, 0.15) is 12.3 Å². The minimum absolute atomic E-state index is 0.243. The number of ether oxygens (including phenoxy) is 1. The number of hydrogen-bond acceptors (Lipinski definition) is 5. The van der Waals surface area contributed by atoms with Gasteiger partial charge >= 0.3 is 18.1 Å². The highest BCUT2D eigenvalue weighted by molar-refractivity contribution is 5.69. The topological polar surface area (TPSA) is 96.0 Å². The Morgan fingerprint density at radius 1 is 1.57 bits per heavy atom. The van der Waals surface area contributed by atoms with Gasteiger partial charge in [0, 0.05) is 18.7 Å². The van der Waals surface area contributed by atoms with Gasteiger partial charge in [-0.25, -0.2) is 13.7 Å². The van der Waals surface area contributed by atoms with E-state index in [0.717, 1.165) is 0 Å². The maximum atomic E-state index is 13.8. The van der Waals surface area contributed by atoms with E-state index in [-0.39, 0.29) is 6.42 Å². The average molecular weight is 316 g/mol. The van der Waals surface area contributed by atoms with E-state index in [9.17, 15) is 27.6 Å². The third-order valence-electron chi connectivity index (χ3n) is 3.49. The second kappa shape index (κ2) is 5.18. The van der Waals surface area contributed by atoms with E-state index in [1.165, 1.54) is 0 Å². The largest absolute Gasteiger partial charge is 0.505 e. The molecule has 2 amide bonds. The van der Waals surface area contributed by atoms with Crippen molar-refractivity contribution in [1.82, 2.24) is 4.90 Å². The van der Waals surface area contributed by atoms with E-state index in [0.29, 0.717) is 17.2 Å². The Morgan fingerprint density at radius 3 is 2.67 bits per heavy atom. The third-order valence-corrected chi connectivity index (χ3v) is 3.49. The summed E-state index contributed by atoms with van der Waals surface area (Å²) in [4.78, 5) is 8.32. The van der Waals surface area contributed by atoms with Crippen LogP contribution < -0.4 is 5.73 Å². The van der Waals surface area contributed by atoms with E-state index in [4.69, 9.17) is 15.6 Å². The Bertz CT molecular complexity index is 464. The molecule has 7 nitrogen and oxygen atoms in total. The molecule has 0 aromatic rings. The highest BCUT2D eigenvalue weighted by Gasteiger charge is 2.69. The number of aliphatic hydroxyl groups excluding tert-OH is 2. The molecule has 21 heavy (non-hydrogen) atoms. The van der Waals surface area contributed by atoms with Crippen LogP contribution in [0, 0.1) is 0 Å². The third kappa shape index (κ3) is 2.30. The fraction of sp³-hybridized carbons (Fsp3) is 0.700. The number of hydrogen-bond donors (Lipinski definition) is 3. The van der Waals surface area contributed by atoms with Crippen LogP contribution in [0.5, 0.6) is 0 Å². The number of nitrogens with two attached hydrogens (primary N) is 1. The zero-order chi connectivity index (χ0) is 16.0. The van der Waals surface area contributed by atoms with E-state index < -0.39 is 48.1 Å². The number of rotatable bonds is 3. The molecule has 120 valence electrons. The van der Waals surface area contributed by atoms with Gasteiger partial charge in [0.05, 0.1) is 21.7 Å². The van der Waals surface area contributed by atoms with Gasteiger partial charge in [-0.3, -0.25) is 5.73 Å². The molecule has 0 radical (unpaired) electrons. The molecule has 2 aliphatic rings. The lowest BCUT2D eigenvalue weighted by molar-refractivity contribution is -1.14. The molecule has 0 saturated carbocycles. The van der Waals surface area contributed by atoms with Crippen molar-refractivity contribution in [3.8, 4) is 0 Å². The number of carbonyl (C=O) groups is 1. The summed E-state index contributed by atoms with van der Waals surface area (Å²) in [5.74, 6) is 0. The maximum Gasteiger partial charge on any atom is 0.505 e. The molecule has 0 aromatic heterocycles. The Labute approximate surface area is 116 Å². The first-order chi connectivity index (χ1) is 9.65.